The van der Waals surface area contributed by atoms with E-state index < -0.39 is 0 Å². The molecule has 1 aliphatic rings. The molecule has 0 radical (unpaired) electrons. The number of nitrogens with one attached hydrogen (secondary N) is 2. The third-order valence-electron chi connectivity index (χ3n) is 6.36. The molecule has 0 unspecified atom stereocenters. The van der Waals surface area contributed by atoms with Crippen molar-refractivity contribution in [2.45, 2.75) is 19.8 Å². The fourth-order valence-electron chi connectivity index (χ4n) is 4.31. The number of hydrogen-bond acceptors (Lipinski definition) is 9. The molecule has 182 valence electrons. The van der Waals surface area contributed by atoms with Crippen molar-refractivity contribution in [2.75, 3.05) is 18.5 Å². The lowest BCUT2D eigenvalue weighted by molar-refractivity contribution is 0.00638. The highest BCUT2D eigenvalue weighted by Crippen LogP contribution is 2.30. The molecule has 6 rings (SSSR count). The number of hydrogen-bond donors (Lipinski definition) is 2. The molecule has 2 N–H and O–H groups in total. The van der Waals surface area contributed by atoms with E-state index in [4.69, 9.17) is 9.72 Å². The first-order valence-electron chi connectivity index (χ1n) is 11.6. The van der Waals surface area contributed by atoms with Gasteiger partial charge in [-0.25, -0.2) is 9.97 Å². The van der Waals surface area contributed by atoms with E-state index in [0.29, 0.717) is 53.3 Å². The predicted octanol–water partition coefficient (Wildman–Crippen LogP) is 3.84. The molecule has 0 spiro atoms. The van der Waals surface area contributed by atoms with Gasteiger partial charge in [-0.1, -0.05) is 0 Å². The zero-order valence-corrected chi connectivity index (χ0v) is 20.1. The van der Waals surface area contributed by atoms with Gasteiger partial charge in [0.05, 0.1) is 41.2 Å². The molecule has 0 aliphatic carbocycles. The van der Waals surface area contributed by atoms with Crippen LogP contribution in [0.2, 0.25) is 0 Å². The van der Waals surface area contributed by atoms with Crippen molar-refractivity contribution in [1.29, 1.82) is 5.26 Å². The van der Waals surface area contributed by atoms with Gasteiger partial charge >= 0.3 is 0 Å². The molecular formula is C26H21N9O2. The van der Waals surface area contributed by atoms with Crippen LogP contribution in [-0.2, 0) is 4.74 Å². The summed E-state index contributed by atoms with van der Waals surface area (Å²) in [6.45, 7) is 4.65. The van der Waals surface area contributed by atoms with E-state index in [1.54, 1.807) is 25.4 Å². The van der Waals surface area contributed by atoms with Gasteiger partial charge in [0.25, 0.3) is 0 Å². The molecule has 11 heteroatoms. The fraction of sp³-hybridized carbons (Fsp3) is 0.192. The number of fused-ring (bicyclic) bond motifs is 1. The zero-order valence-electron chi connectivity index (χ0n) is 20.1. The third kappa shape index (κ3) is 3.99. The molecule has 11 nitrogen and oxygen atoms in total. The Labute approximate surface area is 211 Å². The number of imidazole rings is 1. The Kier molecular flexibility index (Phi) is 5.43. The van der Waals surface area contributed by atoms with Gasteiger partial charge in [0.2, 0.25) is 0 Å². The second-order valence-corrected chi connectivity index (χ2v) is 8.83. The molecule has 0 saturated carbocycles. The largest absolute Gasteiger partial charge is 0.380 e. The van der Waals surface area contributed by atoms with E-state index in [-0.39, 0.29) is 11.5 Å². The van der Waals surface area contributed by atoms with Crippen LogP contribution in [-0.4, -0.2) is 53.9 Å². The Morgan fingerprint density at radius 2 is 2.05 bits per heavy atom. The van der Waals surface area contributed by atoms with Crippen LogP contribution in [0.3, 0.4) is 0 Å². The first-order chi connectivity index (χ1) is 18.0. The molecule has 1 fully saturated rings. The monoisotopic (exact) mass is 491 g/mol. The lowest BCUT2D eigenvalue weighted by Gasteiger charge is -2.24. The van der Waals surface area contributed by atoms with Gasteiger partial charge in [0.15, 0.2) is 17.3 Å². The average Bonchev–Trinajstić information content (AvgIpc) is 3.46. The smallest absolute Gasteiger partial charge is 0.171 e. The molecule has 1 aromatic carbocycles. The normalized spacial score (nSPS) is 13.3. The zero-order chi connectivity index (χ0) is 25.5. The van der Waals surface area contributed by atoms with Crippen LogP contribution in [0.5, 0.6) is 0 Å². The van der Waals surface area contributed by atoms with Gasteiger partial charge in [0, 0.05) is 22.9 Å². The number of anilines is 2. The minimum atomic E-state index is -0.151. The van der Waals surface area contributed by atoms with Crippen molar-refractivity contribution in [3.05, 3.63) is 71.4 Å². The van der Waals surface area contributed by atoms with Crippen molar-refractivity contribution in [2.24, 2.45) is 0 Å². The van der Waals surface area contributed by atoms with Crippen molar-refractivity contribution >= 4 is 28.3 Å². The number of rotatable bonds is 6. The van der Waals surface area contributed by atoms with Crippen LogP contribution >= 0.6 is 0 Å². The summed E-state index contributed by atoms with van der Waals surface area (Å²) in [5.74, 6) is 1.37. The second kappa shape index (κ2) is 8.92. The summed E-state index contributed by atoms with van der Waals surface area (Å²) in [7, 11) is 0. The van der Waals surface area contributed by atoms with Gasteiger partial charge in [-0.05, 0) is 56.3 Å². The highest BCUT2D eigenvalue weighted by molar-refractivity contribution is 6.00. The first kappa shape index (κ1) is 22.5. The van der Waals surface area contributed by atoms with E-state index in [1.807, 2.05) is 34.9 Å². The number of carbonyl (C=O) groups excluding carboxylic acids is 1. The van der Waals surface area contributed by atoms with Crippen molar-refractivity contribution < 1.29 is 9.53 Å². The predicted molar refractivity (Wildman–Crippen MR) is 135 cm³/mol. The Morgan fingerprint density at radius 3 is 2.76 bits per heavy atom. The summed E-state index contributed by atoms with van der Waals surface area (Å²) < 4.78 is 7.05. The maximum atomic E-state index is 12.3. The van der Waals surface area contributed by atoms with Gasteiger partial charge < -0.3 is 10.1 Å². The molecule has 0 atom stereocenters. The molecule has 1 saturated heterocycles. The molecule has 1 aliphatic heterocycles. The highest BCUT2D eigenvalue weighted by atomic mass is 16.5. The van der Waals surface area contributed by atoms with E-state index >= 15 is 0 Å². The molecule has 37 heavy (non-hydrogen) atoms. The number of aromatic amines is 1. The maximum Gasteiger partial charge on any atom is 0.171 e. The third-order valence-corrected chi connectivity index (χ3v) is 6.36. The SMILES string of the molecule is CC(=O)c1ccc(-n2cnc3cc(Nc4ccc(C5COC5)nn4)ccc32)nc1-c1c(C#N)n[nH]c1C. The summed E-state index contributed by atoms with van der Waals surface area (Å²) in [6.07, 6.45) is 1.68. The molecular weight excluding hydrogens is 470 g/mol. The number of aromatic nitrogens is 7. The number of carbonyl (C=O) groups is 1. The molecule has 5 heterocycles. The van der Waals surface area contributed by atoms with E-state index in [1.165, 1.54) is 6.92 Å². The van der Waals surface area contributed by atoms with Crippen LogP contribution < -0.4 is 5.32 Å². The number of aryl methyl sites for hydroxylation is 1. The Bertz CT molecular complexity index is 1690. The Hall–Kier alpha value is -4.95. The van der Waals surface area contributed by atoms with Gasteiger partial charge in [0.1, 0.15) is 18.2 Å². The van der Waals surface area contributed by atoms with Gasteiger partial charge in [-0.3, -0.25) is 14.5 Å². The van der Waals surface area contributed by atoms with E-state index in [9.17, 15) is 10.1 Å². The number of H-pyrrole nitrogens is 1. The summed E-state index contributed by atoms with van der Waals surface area (Å²) in [5.41, 5.74) is 5.51. The molecule has 0 bridgehead atoms. The Balaban J connectivity index is 1.33. The number of nitrogens with zero attached hydrogens (tertiary/aromatic N) is 7. The van der Waals surface area contributed by atoms with Gasteiger partial charge in [-0.15, -0.1) is 5.10 Å². The lowest BCUT2D eigenvalue weighted by Crippen LogP contribution is -2.26. The number of nitriles is 1. The number of benzene rings is 1. The Morgan fingerprint density at radius 1 is 1.19 bits per heavy atom. The van der Waals surface area contributed by atoms with Gasteiger partial charge in [-0.2, -0.15) is 15.5 Å². The number of Topliss-reactive ketones (excluding diaryl/α,β-unsaturated/α-hetero) is 1. The lowest BCUT2D eigenvalue weighted by atomic mass is 10.0. The number of ether oxygens (including phenoxy) is 1. The molecule has 4 aromatic heterocycles. The van der Waals surface area contributed by atoms with Crippen LogP contribution in [0.4, 0.5) is 11.5 Å². The topological polar surface area (TPSA) is 147 Å². The second-order valence-electron chi connectivity index (χ2n) is 8.83. The maximum absolute atomic E-state index is 12.3. The quantitative estimate of drug-likeness (QED) is 0.338. The van der Waals surface area contributed by atoms with Crippen LogP contribution in [0.1, 0.15) is 40.3 Å². The average molecular weight is 492 g/mol. The van der Waals surface area contributed by atoms with Crippen LogP contribution in [0.15, 0.2) is 48.8 Å². The van der Waals surface area contributed by atoms with E-state index in [0.717, 1.165) is 22.4 Å². The van der Waals surface area contributed by atoms with Crippen LogP contribution in [0.25, 0.3) is 28.1 Å². The summed E-state index contributed by atoms with van der Waals surface area (Å²) in [5, 5.41) is 28.2. The summed E-state index contributed by atoms with van der Waals surface area (Å²) in [6, 6.07) is 15.2. The van der Waals surface area contributed by atoms with E-state index in [2.05, 4.69) is 36.8 Å². The number of ketones is 1. The minimum Gasteiger partial charge on any atom is -0.380 e. The summed E-state index contributed by atoms with van der Waals surface area (Å²) >= 11 is 0. The van der Waals surface area contributed by atoms with Crippen LogP contribution in [0, 0.1) is 18.3 Å². The molecule has 0 amide bonds. The molecule has 5 aromatic rings. The fourth-order valence-corrected chi connectivity index (χ4v) is 4.31. The highest BCUT2D eigenvalue weighted by Gasteiger charge is 2.23. The van der Waals surface area contributed by atoms with Crippen molar-refractivity contribution in [3.8, 4) is 23.1 Å². The van der Waals surface area contributed by atoms with Crippen molar-refractivity contribution in [1.82, 2.24) is 34.9 Å². The van der Waals surface area contributed by atoms with Crippen molar-refractivity contribution in [3.63, 3.8) is 0 Å². The minimum absolute atomic E-state index is 0.151. The summed E-state index contributed by atoms with van der Waals surface area (Å²) in [4.78, 5) is 21.7. The first-order valence-corrected chi connectivity index (χ1v) is 11.6. The standard InChI is InChI=1S/C26H21N9O2/c1-14-25(21(10-27)33-31-14)26-18(15(2)36)4-8-24(30-26)35-13-28-20-9-17(3-6-22(20)35)29-23-7-5-19(32-34-23)16-11-37-12-16/h3-9,13,16H,11-12H2,1-2H3,(H,29,34)(H,31,33). The number of pyridine rings is 1.